The Morgan fingerprint density at radius 1 is 1.36 bits per heavy atom. The minimum Gasteiger partial charge on any atom is -0.484 e. The molecule has 2 saturated heterocycles. The maximum atomic E-state index is 10.4. The van der Waals surface area contributed by atoms with Gasteiger partial charge in [-0.1, -0.05) is 17.7 Å². The van der Waals surface area contributed by atoms with Gasteiger partial charge in [-0.25, -0.2) is 0 Å². The highest BCUT2D eigenvalue weighted by atomic mass is 35.5. The molecule has 0 amide bonds. The maximum Gasteiger partial charge on any atom is 0.145 e. The van der Waals surface area contributed by atoms with Crippen molar-refractivity contribution >= 4 is 11.6 Å². The van der Waals surface area contributed by atoms with Gasteiger partial charge in [0.1, 0.15) is 11.9 Å². The predicted molar refractivity (Wildman–Crippen MR) is 85.3 cm³/mol. The highest BCUT2D eigenvalue weighted by Crippen LogP contribution is 2.30. The van der Waals surface area contributed by atoms with Crippen LogP contribution in [0.1, 0.15) is 24.5 Å². The summed E-state index contributed by atoms with van der Waals surface area (Å²) in [6.45, 7) is 4.04. The van der Waals surface area contributed by atoms with Crippen LogP contribution >= 0.6 is 11.6 Å². The van der Waals surface area contributed by atoms with E-state index in [4.69, 9.17) is 26.8 Å². The standard InChI is InChI=1S/C16H23ClN2O3/c17-13-7-11(3-4-15(13)22-12-9-21-10-12)16(20)14(18)8-19-5-1-2-6-19/h3-4,7,12,14,16,20H,1-2,5-6,8-10,18H2. The Hall–Kier alpha value is -0.850. The highest BCUT2D eigenvalue weighted by molar-refractivity contribution is 6.32. The van der Waals surface area contributed by atoms with Crippen LogP contribution in [0.3, 0.4) is 0 Å². The fourth-order valence-electron chi connectivity index (χ4n) is 2.87. The molecule has 1 aromatic carbocycles. The van der Waals surface area contributed by atoms with Crippen molar-refractivity contribution < 1.29 is 14.6 Å². The van der Waals surface area contributed by atoms with Gasteiger partial charge in [-0.15, -0.1) is 0 Å². The Labute approximate surface area is 135 Å². The Morgan fingerprint density at radius 2 is 2.09 bits per heavy atom. The molecule has 2 aliphatic rings. The monoisotopic (exact) mass is 326 g/mol. The number of hydrogen-bond donors (Lipinski definition) is 2. The minimum atomic E-state index is -0.723. The molecule has 122 valence electrons. The van der Waals surface area contributed by atoms with Gasteiger partial charge in [0.25, 0.3) is 0 Å². The molecule has 0 spiro atoms. The number of likely N-dealkylation sites (tertiary alicyclic amines) is 1. The second-order valence-corrected chi connectivity index (χ2v) is 6.49. The summed E-state index contributed by atoms with van der Waals surface area (Å²) < 4.78 is 10.8. The SMILES string of the molecule is NC(CN1CCCC1)C(O)c1ccc(OC2COC2)c(Cl)c1. The van der Waals surface area contributed by atoms with Crippen molar-refractivity contribution in [2.75, 3.05) is 32.8 Å². The average molecular weight is 327 g/mol. The largest absolute Gasteiger partial charge is 0.484 e. The van der Waals surface area contributed by atoms with Crippen molar-refractivity contribution in [1.82, 2.24) is 4.90 Å². The van der Waals surface area contributed by atoms with Gasteiger partial charge in [0.05, 0.1) is 24.3 Å². The van der Waals surface area contributed by atoms with Crippen LogP contribution in [0.5, 0.6) is 5.75 Å². The molecule has 2 unspecified atom stereocenters. The molecule has 0 radical (unpaired) electrons. The van der Waals surface area contributed by atoms with Gasteiger partial charge in [0.2, 0.25) is 0 Å². The van der Waals surface area contributed by atoms with E-state index in [1.807, 2.05) is 6.07 Å². The van der Waals surface area contributed by atoms with Crippen molar-refractivity contribution in [1.29, 1.82) is 0 Å². The average Bonchev–Trinajstić information content (AvgIpc) is 2.96. The topological polar surface area (TPSA) is 68.0 Å². The van der Waals surface area contributed by atoms with Crippen LogP contribution in [0.15, 0.2) is 18.2 Å². The van der Waals surface area contributed by atoms with Crippen LogP contribution in [0.4, 0.5) is 0 Å². The highest BCUT2D eigenvalue weighted by Gasteiger charge is 2.24. The van der Waals surface area contributed by atoms with Gasteiger partial charge in [0.15, 0.2) is 0 Å². The Balaban J connectivity index is 1.61. The molecule has 5 nitrogen and oxygen atoms in total. The van der Waals surface area contributed by atoms with Gasteiger partial charge < -0.3 is 25.2 Å². The van der Waals surface area contributed by atoms with E-state index in [0.29, 0.717) is 30.5 Å². The van der Waals surface area contributed by atoms with Crippen LogP contribution in [0.2, 0.25) is 5.02 Å². The van der Waals surface area contributed by atoms with Crippen molar-refractivity contribution in [3.8, 4) is 5.75 Å². The first-order valence-corrected chi connectivity index (χ1v) is 8.21. The van der Waals surface area contributed by atoms with E-state index in [0.717, 1.165) is 18.7 Å². The summed E-state index contributed by atoms with van der Waals surface area (Å²) in [7, 11) is 0. The van der Waals surface area contributed by atoms with Crippen molar-refractivity contribution in [2.24, 2.45) is 5.73 Å². The molecule has 3 rings (SSSR count). The van der Waals surface area contributed by atoms with Crippen LogP contribution in [0, 0.1) is 0 Å². The molecule has 1 aromatic rings. The molecule has 2 fully saturated rings. The first-order valence-electron chi connectivity index (χ1n) is 7.83. The number of rotatable bonds is 6. The number of hydrogen-bond acceptors (Lipinski definition) is 5. The number of nitrogens with two attached hydrogens (primary N) is 1. The summed E-state index contributed by atoms with van der Waals surface area (Å²) in [6.07, 6.45) is 1.78. The molecule has 6 heteroatoms. The van der Waals surface area contributed by atoms with E-state index >= 15 is 0 Å². The summed E-state index contributed by atoms with van der Waals surface area (Å²) in [5.74, 6) is 0.624. The van der Waals surface area contributed by atoms with E-state index in [1.54, 1.807) is 12.1 Å². The Kier molecular flexibility index (Phi) is 5.21. The molecule has 0 aliphatic carbocycles. The fraction of sp³-hybridized carbons (Fsp3) is 0.625. The summed E-state index contributed by atoms with van der Waals surface area (Å²) in [5, 5.41) is 10.9. The zero-order chi connectivity index (χ0) is 15.5. The number of ether oxygens (including phenoxy) is 2. The minimum absolute atomic E-state index is 0.0747. The van der Waals surface area contributed by atoms with Crippen LogP contribution in [-0.2, 0) is 4.74 Å². The maximum absolute atomic E-state index is 10.4. The molecule has 2 heterocycles. The molecule has 0 aromatic heterocycles. The summed E-state index contributed by atoms with van der Waals surface area (Å²) in [6, 6.07) is 5.04. The number of aliphatic hydroxyl groups excluding tert-OH is 1. The lowest BCUT2D eigenvalue weighted by Crippen LogP contribution is -2.40. The lowest BCUT2D eigenvalue weighted by molar-refractivity contribution is -0.0796. The molecule has 0 bridgehead atoms. The number of benzene rings is 1. The van der Waals surface area contributed by atoms with Gasteiger partial charge in [-0.3, -0.25) is 0 Å². The zero-order valence-electron chi connectivity index (χ0n) is 12.6. The van der Waals surface area contributed by atoms with E-state index in [1.165, 1.54) is 12.8 Å². The second-order valence-electron chi connectivity index (χ2n) is 6.08. The van der Waals surface area contributed by atoms with E-state index in [9.17, 15) is 5.11 Å². The van der Waals surface area contributed by atoms with Gasteiger partial charge in [-0.2, -0.15) is 0 Å². The van der Waals surface area contributed by atoms with Crippen molar-refractivity contribution in [2.45, 2.75) is 31.1 Å². The first-order chi connectivity index (χ1) is 10.6. The van der Waals surface area contributed by atoms with Gasteiger partial charge >= 0.3 is 0 Å². The Morgan fingerprint density at radius 3 is 2.68 bits per heavy atom. The van der Waals surface area contributed by atoms with Crippen LogP contribution in [-0.4, -0.2) is 55.0 Å². The van der Waals surface area contributed by atoms with Crippen LogP contribution < -0.4 is 10.5 Å². The molecule has 2 aliphatic heterocycles. The van der Waals surface area contributed by atoms with Crippen molar-refractivity contribution in [3.05, 3.63) is 28.8 Å². The number of aliphatic hydroxyl groups is 1. The van der Waals surface area contributed by atoms with E-state index in [-0.39, 0.29) is 12.1 Å². The van der Waals surface area contributed by atoms with E-state index in [2.05, 4.69) is 4.90 Å². The number of halogens is 1. The number of nitrogens with zero attached hydrogens (tertiary/aromatic N) is 1. The molecule has 22 heavy (non-hydrogen) atoms. The van der Waals surface area contributed by atoms with Gasteiger partial charge in [0, 0.05) is 12.6 Å². The smallest absolute Gasteiger partial charge is 0.145 e. The third-order valence-electron chi connectivity index (χ3n) is 4.27. The van der Waals surface area contributed by atoms with Crippen LogP contribution in [0.25, 0.3) is 0 Å². The zero-order valence-corrected chi connectivity index (χ0v) is 13.3. The normalized spacial score (nSPS) is 22.3. The third-order valence-corrected chi connectivity index (χ3v) is 4.57. The molecule has 2 atom stereocenters. The summed E-state index contributed by atoms with van der Waals surface area (Å²) in [4.78, 5) is 2.30. The quantitative estimate of drug-likeness (QED) is 0.830. The lowest BCUT2D eigenvalue weighted by Gasteiger charge is -2.28. The van der Waals surface area contributed by atoms with Gasteiger partial charge in [-0.05, 0) is 43.6 Å². The molecule has 3 N–H and O–H groups in total. The summed E-state index contributed by atoms with van der Waals surface area (Å²) >= 11 is 6.25. The summed E-state index contributed by atoms with van der Waals surface area (Å²) in [5.41, 5.74) is 6.88. The first kappa shape index (κ1) is 16.0. The molecular formula is C16H23ClN2O3. The second kappa shape index (κ2) is 7.15. The lowest BCUT2D eigenvalue weighted by atomic mass is 10.0. The molecule has 0 saturated carbocycles. The fourth-order valence-corrected chi connectivity index (χ4v) is 3.10. The molecular weight excluding hydrogens is 304 g/mol. The Bertz CT molecular complexity index is 504. The predicted octanol–water partition coefficient (Wildman–Crippen LogP) is 1.57. The third kappa shape index (κ3) is 3.73. The van der Waals surface area contributed by atoms with E-state index < -0.39 is 6.10 Å². The van der Waals surface area contributed by atoms with Crippen molar-refractivity contribution in [3.63, 3.8) is 0 Å².